The van der Waals surface area contributed by atoms with Crippen molar-refractivity contribution in [2.75, 3.05) is 41.3 Å². The highest BCUT2D eigenvalue weighted by atomic mass is 16.5. The van der Waals surface area contributed by atoms with E-state index < -0.39 is 5.97 Å². The average Bonchev–Trinajstić information content (AvgIpc) is 3.05. The minimum absolute atomic E-state index is 0.0433. The first-order chi connectivity index (χ1) is 15.3. The molecule has 32 heavy (non-hydrogen) atoms. The second-order valence-corrected chi connectivity index (χ2v) is 9.03. The number of likely N-dealkylation sites (N-methyl/N-ethyl adjacent to an activating group) is 2. The molecule has 1 aromatic carbocycles. The number of hydrogen-bond acceptors (Lipinski definition) is 6. The summed E-state index contributed by atoms with van der Waals surface area (Å²) in [7, 11) is 8.02. The van der Waals surface area contributed by atoms with Crippen LogP contribution in [0.4, 0.5) is 0 Å². The van der Waals surface area contributed by atoms with Crippen LogP contribution in [0, 0.1) is 0 Å². The lowest BCUT2D eigenvalue weighted by atomic mass is 9.82. The maximum atomic E-state index is 11.9. The molecule has 170 valence electrons. The SMILES string of the molecule is CN(C)CC(CN(C)C)Oc1cc(C(=O)O)nc2c1c(C1CCC1)nn2-c1ccccc1. The van der Waals surface area contributed by atoms with E-state index in [1.807, 2.05) is 58.5 Å². The summed E-state index contributed by atoms with van der Waals surface area (Å²) in [6, 6.07) is 11.3. The van der Waals surface area contributed by atoms with Crippen LogP contribution in [-0.2, 0) is 0 Å². The Morgan fingerprint density at radius 3 is 2.34 bits per heavy atom. The first kappa shape index (κ1) is 22.2. The summed E-state index contributed by atoms with van der Waals surface area (Å²) in [6.07, 6.45) is 3.17. The van der Waals surface area contributed by atoms with E-state index in [1.54, 1.807) is 10.7 Å². The minimum atomic E-state index is -1.08. The summed E-state index contributed by atoms with van der Waals surface area (Å²) >= 11 is 0. The van der Waals surface area contributed by atoms with Crippen LogP contribution in [0.25, 0.3) is 16.7 Å². The van der Waals surface area contributed by atoms with Crippen LogP contribution >= 0.6 is 0 Å². The first-order valence-electron chi connectivity index (χ1n) is 11.0. The van der Waals surface area contributed by atoms with Crippen molar-refractivity contribution >= 4 is 17.0 Å². The molecule has 0 atom stereocenters. The van der Waals surface area contributed by atoms with Crippen molar-refractivity contribution in [1.29, 1.82) is 0 Å². The van der Waals surface area contributed by atoms with Crippen molar-refractivity contribution in [3.63, 3.8) is 0 Å². The first-order valence-corrected chi connectivity index (χ1v) is 11.0. The Kier molecular flexibility index (Phi) is 6.43. The Morgan fingerprint density at radius 2 is 1.81 bits per heavy atom. The fraction of sp³-hybridized carbons (Fsp3) is 0.458. The molecule has 2 heterocycles. The molecule has 1 fully saturated rings. The number of carbonyl (C=O) groups is 1. The molecule has 0 spiro atoms. The normalized spacial score (nSPS) is 14.5. The molecule has 0 radical (unpaired) electrons. The number of aromatic nitrogens is 3. The molecule has 1 aliphatic carbocycles. The van der Waals surface area contributed by atoms with E-state index in [0.717, 1.165) is 29.6 Å². The molecule has 1 N–H and O–H groups in total. The van der Waals surface area contributed by atoms with Crippen molar-refractivity contribution in [2.24, 2.45) is 0 Å². The van der Waals surface area contributed by atoms with Crippen LogP contribution < -0.4 is 4.74 Å². The number of hydrogen-bond donors (Lipinski definition) is 1. The van der Waals surface area contributed by atoms with Gasteiger partial charge in [0.05, 0.1) is 16.8 Å². The number of rotatable bonds is 9. The highest BCUT2D eigenvalue weighted by molar-refractivity contribution is 5.94. The Morgan fingerprint density at radius 1 is 1.16 bits per heavy atom. The van der Waals surface area contributed by atoms with E-state index >= 15 is 0 Å². The number of carboxylic acid groups (broad SMARTS) is 1. The van der Waals surface area contributed by atoms with Crippen LogP contribution in [0.1, 0.15) is 41.4 Å². The molecule has 0 unspecified atom stereocenters. The standard InChI is InChI=1S/C24H31N5O3/c1-27(2)14-18(15-28(3)4)32-20-13-19(24(30)31)25-23-21(20)22(16-9-8-10-16)26-29(23)17-11-6-5-7-12-17/h5-7,11-13,16,18H,8-10,14-15H2,1-4H3,(H,30,31). The van der Waals surface area contributed by atoms with Crippen LogP contribution in [0.5, 0.6) is 5.75 Å². The lowest BCUT2D eigenvalue weighted by Gasteiger charge is -2.27. The molecule has 1 aliphatic rings. The van der Waals surface area contributed by atoms with Crippen LogP contribution in [0.15, 0.2) is 36.4 Å². The molecule has 3 aromatic rings. The second kappa shape index (κ2) is 9.26. The van der Waals surface area contributed by atoms with Gasteiger partial charge in [0.25, 0.3) is 0 Å². The van der Waals surface area contributed by atoms with Gasteiger partial charge in [-0.3, -0.25) is 0 Å². The molecule has 4 rings (SSSR count). The third kappa shape index (κ3) is 4.61. The number of benzene rings is 1. The fourth-order valence-electron chi connectivity index (χ4n) is 4.15. The molecule has 0 aliphatic heterocycles. The number of aromatic carboxylic acids is 1. The number of nitrogens with zero attached hydrogens (tertiary/aromatic N) is 5. The number of pyridine rings is 1. The molecule has 0 bridgehead atoms. The molecule has 0 saturated heterocycles. The summed E-state index contributed by atoms with van der Waals surface area (Å²) in [5.74, 6) is -0.201. The number of carboxylic acids is 1. The number of ether oxygens (including phenoxy) is 1. The maximum Gasteiger partial charge on any atom is 0.354 e. The van der Waals surface area contributed by atoms with Crippen LogP contribution in [-0.4, -0.2) is 83.0 Å². The molecular formula is C24H31N5O3. The van der Waals surface area contributed by atoms with Gasteiger partial charge in [-0.05, 0) is 53.2 Å². The Hall–Kier alpha value is -2.97. The quantitative estimate of drug-likeness (QED) is 0.550. The van der Waals surface area contributed by atoms with Gasteiger partial charge in [-0.2, -0.15) is 5.10 Å². The van der Waals surface area contributed by atoms with E-state index in [2.05, 4.69) is 14.8 Å². The second-order valence-electron chi connectivity index (χ2n) is 9.03. The highest BCUT2D eigenvalue weighted by Crippen LogP contribution is 2.42. The van der Waals surface area contributed by atoms with Gasteiger partial charge in [-0.15, -0.1) is 0 Å². The van der Waals surface area contributed by atoms with Crippen molar-refractivity contribution in [2.45, 2.75) is 31.3 Å². The fourth-order valence-corrected chi connectivity index (χ4v) is 4.15. The summed E-state index contributed by atoms with van der Waals surface area (Å²) in [4.78, 5) is 20.6. The van der Waals surface area contributed by atoms with Crippen molar-refractivity contribution < 1.29 is 14.6 Å². The zero-order valence-electron chi connectivity index (χ0n) is 19.2. The monoisotopic (exact) mass is 437 g/mol. The molecule has 1 saturated carbocycles. The van der Waals surface area contributed by atoms with E-state index in [4.69, 9.17) is 9.84 Å². The summed E-state index contributed by atoms with van der Waals surface area (Å²) in [6.45, 7) is 1.41. The lowest BCUT2D eigenvalue weighted by molar-refractivity contribution is 0.0689. The zero-order valence-corrected chi connectivity index (χ0v) is 19.2. The third-order valence-corrected chi connectivity index (χ3v) is 5.77. The Labute approximate surface area is 188 Å². The van der Waals surface area contributed by atoms with Gasteiger partial charge in [-0.1, -0.05) is 24.6 Å². The van der Waals surface area contributed by atoms with Gasteiger partial charge in [0, 0.05) is 25.1 Å². The van der Waals surface area contributed by atoms with Gasteiger partial charge in [0.1, 0.15) is 11.9 Å². The van der Waals surface area contributed by atoms with Crippen LogP contribution in [0.3, 0.4) is 0 Å². The predicted molar refractivity (Wildman–Crippen MR) is 124 cm³/mol. The predicted octanol–water partition coefficient (Wildman–Crippen LogP) is 3.26. The molecule has 8 nitrogen and oxygen atoms in total. The highest BCUT2D eigenvalue weighted by Gasteiger charge is 2.30. The van der Waals surface area contributed by atoms with Gasteiger partial charge in [-0.25, -0.2) is 14.5 Å². The minimum Gasteiger partial charge on any atom is -0.487 e. The van der Waals surface area contributed by atoms with E-state index in [-0.39, 0.29) is 11.8 Å². The topological polar surface area (TPSA) is 83.7 Å². The van der Waals surface area contributed by atoms with Gasteiger partial charge < -0.3 is 19.6 Å². The molecule has 8 heteroatoms. The summed E-state index contributed by atoms with van der Waals surface area (Å²) in [5.41, 5.74) is 2.28. The smallest absolute Gasteiger partial charge is 0.354 e. The van der Waals surface area contributed by atoms with Gasteiger partial charge in [0.15, 0.2) is 11.3 Å². The zero-order chi connectivity index (χ0) is 22.8. The van der Waals surface area contributed by atoms with Crippen molar-refractivity contribution in [3.05, 3.63) is 47.8 Å². The average molecular weight is 438 g/mol. The van der Waals surface area contributed by atoms with E-state index in [1.165, 1.54) is 6.42 Å². The largest absolute Gasteiger partial charge is 0.487 e. The summed E-state index contributed by atoms with van der Waals surface area (Å²) < 4.78 is 8.27. The maximum absolute atomic E-state index is 11.9. The Balaban J connectivity index is 1.90. The third-order valence-electron chi connectivity index (χ3n) is 5.77. The van der Waals surface area contributed by atoms with Crippen molar-refractivity contribution in [3.8, 4) is 11.4 Å². The van der Waals surface area contributed by atoms with E-state index in [9.17, 15) is 9.90 Å². The van der Waals surface area contributed by atoms with Crippen molar-refractivity contribution in [1.82, 2.24) is 24.6 Å². The molecule has 2 aromatic heterocycles. The molecular weight excluding hydrogens is 406 g/mol. The van der Waals surface area contributed by atoms with Gasteiger partial charge >= 0.3 is 5.97 Å². The Bertz CT molecular complexity index is 1080. The van der Waals surface area contributed by atoms with Gasteiger partial charge in [0.2, 0.25) is 0 Å². The molecule has 0 amide bonds. The van der Waals surface area contributed by atoms with Crippen LogP contribution in [0.2, 0.25) is 0 Å². The number of fused-ring (bicyclic) bond motifs is 1. The summed E-state index contributed by atoms with van der Waals surface area (Å²) in [5, 5.41) is 15.5. The number of para-hydroxylation sites is 1. The van der Waals surface area contributed by atoms with E-state index in [0.29, 0.717) is 30.4 Å². The lowest BCUT2D eigenvalue weighted by Crippen LogP contribution is -2.38.